The van der Waals surface area contributed by atoms with Crippen LogP contribution in [0.25, 0.3) is 78.0 Å². The molecule has 0 radical (unpaired) electrons. The number of hydrogen-bond donors (Lipinski definition) is 0. The van der Waals surface area contributed by atoms with Crippen molar-refractivity contribution in [2.24, 2.45) is 0 Å². The fraction of sp³-hybridized carbons (Fsp3) is 0.0167. The van der Waals surface area contributed by atoms with E-state index in [2.05, 4.69) is 211 Å². The van der Waals surface area contributed by atoms with Gasteiger partial charge in [0, 0.05) is 38.7 Å². The van der Waals surface area contributed by atoms with Crippen LogP contribution < -0.4 is 4.90 Å². The van der Waals surface area contributed by atoms with E-state index in [4.69, 9.17) is 15.0 Å². The van der Waals surface area contributed by atoms with Gasteiger partial charge in [0.2, 0.25) is 0 Å². The van der Waals surface area contributed by atoms with Crippen molar-refractivity contribution >= 4 is 38.7 Å². The number of aromatic nitrogens is 3. The molecule has 9 aromatic carbocycles. The number of para-hydroxylation sites is 2. The van der Waals surface area contributed by atoms with Gasteiger partial charge in [0.1, 0.15) is 0 Å². The Kier molecular flexibility index (Phi) is 8.09. The number of hydrogen-bond acceptors (Lipinski definition) is 4. The minimum Gasteiger partial charge on any atom is -0.310 e. The Labute approximate surface area is 371 Å². The molecule has 0 saturated heterocycles. The van der Waals surface area contributed by atoms with Crippen LogP contribution in [-0.4, -0.2) is 15.0 Å². The van der Waals surface area contributed by atoms with Gasteiger partial charge >= 0.3 is 0 Å². The summed E-state index contributed by atoms with van der Waals surface area (Å²) in [7, 11) is 0. The molecule has 11 aromatic rings. The second-order valence-electron chi connectivity index (χ2n) is 16.7. The molecular formula is C60H38N4. The molecule has 1 spiro atoms. The quantitative estimate of drug-likeness (QED) is 0.162. The molecule has 2 aliphatic rings. The summed E-state index contributed by atoms with van der Waals surface area (Å²) in [6.07, 6.45) is 0. The van der Waals surface area contributed by atoms with Gasteiger partial charge in [-0.1, -0.05) is 182 Å². The highest BCUT2D eigenvalue weighted by Gasteiger charge is 2.51. The summed E-state index contributed by atoms with van der Waals surface area (Å²) < 4.78 is 0. The Bertz CT molecular complexity index is 3500. The topological polar surface area (TPSA) is 41.9 Å². The normalized spacial score (nSPS) is 13.1. The average Bonchev–Trinajstić information content (AvgIpc) is 3.67. The summed E-state index contributed by atoms with van der Waals surface area (Å²) in [5.41, 5.74) is 18.1. The number of nitrogens with zero attached hydrogens (tertiary/aromatic N) is 4. The Morgan fingerprint density at radius 2 is 0.875 bits per heavy atom. The minimum atomic E-state index is -0.597. The van der Waals surface area contributed by atoms with Crippen molar-refractivity contribution in [1.82, 2.24) is 15.0 Å². The summed E-state index contributed by atoms with van der Waals surface area (Å²) in [6.45, 7) is 0. The zero-order valence-electron chi connectivity index (χ0n) is 34.7. The number of pyridine rings is 1. The maximum absolute atomic E-state index is 5.54. The Morgan fingerprint density at radius 1 is 0.328 bits per heavy atom. The Balaban J connectivity index is 1.15. The molecule has 0 N–H and O–H groups in total. The van der Waals surface area contributed by atoms with Gasteiger partial charge in [0.15, 0.2) is 5.82 Å². The summed E-state index contributed by atoms with van der Waals surface area (Å²) in [4.78, 5) is 18.4. The Hall–Kier alpha value is -8.47. The zero-order valence-corrected chi connectivity index (χ0v) is 34.7. The van der Waals surface area contributed by atoms with Crippen LogP contribution in [0.2, 0.25) is 0 Å². The second-order valence-corrected chi connectivity index (χ2v) is 16.7. The molecule has 4 heteroatoms. The highest BCUT2D eigenvalue weighted by atomic mass is 15.2. The molecule has 0 fully saturated rings. The lowest BCUT2D eigenvalue weighted by atomic mass is 9.64. The number of anilines is 3. The molecule has 0 atom stereocenters. The predicted octanol–water partition coefficient (Wildman–Crippen LogP) is 15.0. The van der Waals surface area contributed by atoms with Crippen LogP contribution in [0.15, 0.2) is 231 Å². The van der Waals surface area contributed by atoms with Gasteiger partial charge in [-0.15, -0.1) is 0 Å². The van der Waals surface area contributed by atoms with Gasteiger partial charge in [-0.05, 0) is 87.3 Å². The molecule has 298 valence electrons. The molecule has 0 saturated carbocycles. The van der Waals surface area contributed by atoms with Gasteiger partial charge in [-0.25, -0.2) is 15.0 Å². The highest BCUT2D eigenvalue weighted by Crippen LogP contribution is 2.64. The average molecular weight is 815 g/mol. The van der Waals surface area contributed by atoms with Gasteiger partial charge in [-0.2, -0.15) is 0 Å². The van der Waals surface area contributed by atoms with E-state index in [-0.39, 0.29) is 0 Å². The van der Waals surface area contributed by atoms with E-state index < -0.39 is 5.41 Å². The zero-order chi connectivity index (χ0) is 42.2. The Morgan fingerprint density at radius 3 is 1.55 bits per heavy atom. The summed E-state index contributed by atoms with van der Waals surface area (Å²) >= 11 is 0. The SMILES string of the molecule is c1ccc(-c2cc(-c3ccc4nc(-c5ccccc5)c5cc6c(cc5c4c3)C3(c4ccccc4-c4ccccc43)c3ccccc3N6c3ccccc3)nc(-c3ccccc3)n2)cc1. The molecule has 3 heterocycles. The molecule has 13 rings (SSSR count). The van der Waals surface area contributed by atoms with Gasteiger partial charge in [-0.3, -0.25) is 0 Å². The predicted molar refractivity (Wildman–Crippen MR) is 262 cm³/mol. The van der Waals surface area contributed by atoms with Crippen molar-refractivity contribution in [3.05, 3.63) is 253 Å². The van der Waals surface area contributed by atoms with Crippen LogP contribution in [0.4, 0.5) is 17.1 Å². The summed E-state index contributed by atoms with van der Waals surface area (Å²) in [5, 5.41) is 3.29. The lowest BCUT2D eigenvalue weighted by Crippen LogP contribution is -2.36. The third-order valence-electron chi connectivity index (χ3n) is 13.2. The van der Waals surface area contributed by atoms with Gasteiger partial charge in [0.25, 0.3) is 0 Å². The molecular weight excluding hydrogens is 777 g/mol. The number of benzene rings is 9. The van der Waals surface area contributed by atoms with Gasteiger partial charge in [0.05, 0.1) is 39.4 Å². The lowest BCUT2D eigenvalue weighted by molar-refractivity contribution is 0.754. The van der Waals surface area contributed by atoms with Crippen LogP contribution in [0, 0.1) is 0 Å². The minimum absolute atomic E-state index is 0.597. The molecule has 1 aliphatic heterocycles. The van der Waals surface area contributed by atoms with E-state index in [1.54, 1.807) is 0 Å². The number of rotatable bonds is 5. The molecule has 2 aromatic heterocycles. The van der Waals surface area contributed by atoms with E-state index in [0.29, 0.717) is 5.82 Å². The van der Waals surface area contributed by atoms with Crippen molar-refractivity contribution < 1.29 is 0 Å². The maximum atomic E-state index is 5.54. The molecule has 0 amide bonds. The molecule has 0 unspecified atom stereocenters. The van der Waals surface area contributed by atoms with Crippen molar-refractivity contribution in [1.29, 1.82) is 0 Å². The van der Waals surface area contributed by atoms with Crippen LogP contribution in [0.5, 0.6) is 0 Å². The third kappa shape index (κ3) is 5.39. The van der Waals surface area contributed by atoms with E-state index in [9.17, 15) is 0 Å². The van der Waals surface area contributed by atoms with Crippen LogP contribution in [-0.2, 0) is 5.41 Å². The first-order valence-electron chi connectivity index (χ1n) is 21.9. The second kappa shape index (κ2) is 14.3. The van der Waals surface area contributed by atoms with Crippen molar-refractivity contribution in [3.8, 4) is 56.3 Å². The van der Waals surface area contributed by atoms with Crippen LogP contribution in [0.1, 0.15) is 22.3 Å². The highest BCUT2D eigenvalue weighted by molar-refractivity contribution is 6.14. The molecule has 1 aliphatic carbocycles. The third-order valence-corrected chi connectivity index (χ3v) is 13.2. The fourth-order valence-electron chi connectivity index (χ4n) is 10.5. The first-order valence-corrected chi connectivity index (χ1v) is 21.9. The standard InChI is InChI=1S/C60H38N4/c1-5-19-39(20-6-1)54-38-55(63-59(62-54)41-23-9-3-10-24-41)42-33-34-53-47(35-42)46-36-52-57(37-48(46)58(61-53)40-21-7-2-8-22-40)64(43-25-11-4-12-26-43)56-32-18-17-31-51(56)60(52)49-29-15-13-27-44(49)45-28-14-16-30-50(45)60/h1-38H. The molecule has 4 nitrogen and oxygen atoms in total. The van der Waals surface area contributed by atoms with Gasteiger partial charge < -0.3 is 4.90 Å². The number of fused-ring (bicyclic) bond motifs is 12. The lowest BCUT2D eigenvalue weighted by Gasteiger charge is -2.45. The molecule has 0 bridgehead atoms. The largest absolute Gasteiger partial charge is 0.310 e. The summed E-state index contributed by atoms with van der Waals surface area (Å²) in [5.74, 6) is 0.689. The van der Waals surface area contributed by atoms with E-state index in [1.165, 1.54) is 33.4 Å². The van der Waals surface area contributed by atoms with Crippen LogP contribution >= 0.6 is 0 Å². The van der Waals surface area contributed by atoms with E-state index in [0.717, 1.165) is 78.1 Å². The van der Waals surface area contributed by atoms with E-state index >= 15 is 0 Å². The van der Waals surface area contributed by atoms with Crippen molar-refractivity contribution in [2.75, 3.05) is 4.90 Å². The van der Waals surface area contributed by atoms with Crippen molar-refractivity contribution in [3.63, 3.8) is 0 Å². The van der Waals surface area contributed by atoms with Crippen LogP contribution in [0.3, 0.4) is 0 Å². The maximum Gasteiger partial charge on any atom is 0.160 e. The smallest absolute Gasteiger partial charge is 0.160 e. The first kappa shape index (κ1) is 36.2. The first-order chi connectivity index (χ1) is 31.7. The monoisotopic (exact) mass is 814 g/mol. The molecule has 64 heavy (non-hydrogen) atoms. The van der Waals surface area contributed by atoms with E-state index in [1.807, 2.05) is 24.3 Å². The fourth-order valence-corrected chi connectivity index (χ4v) is 10.5. The van der Waals surface area contributed by atoms with Crippen molar-refractivity contribution in [2.45, 2.75) is 5.41 Å². The summed E-state index contributed by atoms with van der Waals surface area (Å²) in [6, 6.07) is 82.8.